The maximum atomic E-state index is 13.5. The maximum absolute atomic E-state index is 13.5. The van der Waals surface area contributed by atoms with Gasteiger partial charge in [0.15, 0.2) is 0 Å². The summed E-state index contributed by atoms with van der Waals surface area (Å²) in [5.41, 5.74) is 7.47. The van der Waals surface area contributed by atoms with Crippen LogP contribution in [0.15, 0.2) is 24.4 Å². The number of nitrogens with two attached hydrogens (primary N) is 1. The number of hydrogen-bond donors (Lipinski definition) is 2. The number of fused-ring (bicyclic) bond motifs is 1. The van der Waals surface area contributed by atoms with Crippen LogP contribution in [0.1, 0.15) is 12.5 Å². The average Bonchev–Trinajstić information content (AvgIpc) is 2.49. The summed E-state index contributed by atoms with van der Waals surface area (Å²) >= 11 is 0. The van der Waals surface area contributed by atoms with Crippen LogP contribution < -0.4 is 5.73 Å². The Kier molecular flexibility index (Phi) is 2.25. The highest BCUT2D eigenvalue weighted by atomic mass is 19.1. The predicted molar refractivity (Wildman–Crippen MR) is 55.6 cm³/mol. The van der Waals surface area contributed by atoms with Gasteiger partial charge in [-0.3, -0.25) is 0 Å². The van der Waals surface area contributed by atoms with Crippen LogP contribution in [0.2, 0.25) is 0 Å². The molecule has 1 aromatic carbocycles. The molecule has 0 amide bonds. The Bertz CT molecular complexity index is 445. The van der Waals surface area contributed by atoms with Crippen LogP contribution in [0, 0.1) is 5.82 Å². The van der Waals surface area contributed by atoms with E-state index in [1.807, 2.05) is 19.2 Å². The topological polar surface area (TPSA) is 41.8 Å². The maximum Gasteiger partial charge on any atom is 0.132 e. The van der Waals surface area contributed by atoms with Crippen molar-refractivity contribution in [3.8, 4) is 0 Å². The second-order valence-electron chi connectivity index (χ2n) is 3.66. The number of halogens is 1. The van der Waals surface area contributed by atoms with E-state index >= 15 is 0 Å². The van der Waals surface area contributed by atoms with E-state index in [0.29, 0.717) is 11.8 Å². The number of rotatable bonds is 2. The molecule has 0 radical (unpaired) electrons. The first-order chi connectivity index (χ1) is 6.68. The molecule has 2 nitrogen and oxygen atoms in total. The molecule has 0 saturated heterocycles. The van der Waals surface area contributed by atoms with E-state index in [-0.39, 0.29) is 11.9 Å². The molecule has 74 valence electrons. The minimum absolute atomic E-state index is 0.0496. The molecule has 0 unspecified atom stereocenters. The third kappa shape index (κ3) is 1.51. The molecule has 0 bridgehead atoms. The molecule has 3 N–H and O–H groups in total. The van der Waals surface area contributed by atoms with Crippen LogP contribution in [0.5, 0.6) is 0 Å². The third-order valence-corrected chi connectivity index (χ3v) is 2.28. The molecule has 0 saturated carbocycles. The lowest BCUT2D eigenvalue weighted by molar-refractivity contribution is 0.637. The Morgan fingerprint density at radius 2 is 2.29 bits per heavy atom. The van der Waals surface area contributed by atoms with Crippen molar-refractivity contribution in [2.24, 2.45) is 5.73 Å². The SMILES string of the molecule is C[C@@H](N)Cc1c[nH]c2cccc(F)c12. The lowest BCUT2D eigenvalue weighted by atomic mass is 10.1. The summed E-state index contributed by atoms with van der Waals surface area (Å²) in [5, 5.41) is 0.671. The number of benzene rings is 1. The molecular weight excluding hydrogens is 179 g/mol. The van der Waals surface area contributed by atoms with Crippen LogP contribution >= 0.6 is 0 Å². The van der Waals surface area contributed by atoms with Gasteiger partial charge < -0.3 is 10.7 Å². The largest absolute Gasteiger partial charge is 0.361 e. The second kappa shape index (κ2) is 3.42. The van der Waals surface area contributed by atoms with Gasteiger partial charge in [-0.15, -0.1) is 0 Å². The molecule has 1 atom stereocenters. The fraction of sp³-hybridized carbons (Fsp3) is 0.273. The van der Waals surface area contributed by atoms with Crippen molar-refractivity contribution in [2.75, 3.05) is 0 Å². The Morgan fingerprint density at radius 3 is 3.00 bits per heavy atom. The monoisotopic (exact) mass is 192 g/mol. The standard InChI is InChI=1S/C11H13FN2/c1-7(13)5-8-6-14-10-4-2-3-9(12)11(8)10/h2-4,6-7,14H,5,13H2,1H3/t7-/m1/s1. The van der Waals surface area contributed by atoms with Crippen molar-refractivity contribution in [1.29, 1.82) is 0 Å². The van der Waals surface area contributed by atoms with Crippen molar-refractivity contribution in [3.05, 3.63) is 35.8 Å². The van der Waals surface area contributed by atoms with E-state index in [2.05, 4.69) is 4.98 Å². The van der Waals surface area contributed by atoms with E-state index < -0.39 is 0 Å². The summed E-state index contributed by atoms with van der Waals surface area (Å²) in [5.74, 6) is -0.181. The number of aromatic amines is 1. The first kappa shape index (κ1) is 9.21. The highest BCUT2D eigenvalue weighted by Crippen LogP contribution is 2.22. The zero-order valence-electron chi connectivity index (χ0n) is 8.05. The van der Waals surface area contributed by atoms with Crippen LogP contribution in [-0.2, 0) is 6.42 Å². The molecule has 0 fully saturated rings. The van der Waals surface area contributed by atoms with Gasteiger partial charge in [0.05, 0.1) is 0 Å². The summed E-state index contributed by atoms with van der Waals surface area (Å²) in [6, 6.07) is 5.09. The lowest BCUT2D eigenvalue weighted by Crippen LogP contribution is -2.17. The molecule has 2 aromatic rings. The fourth-order valence-electron chi connectivity index (χ4n) is 1.72. The minimum atomic E-state index is -0.181. The van der Waals surface area contributed by atoms with Gasteiger partial charge in [0.2, 0.25) is 0 Å². The molecule has 14 heavy (non-hydrogen) atoms. The molecule has 2 rings (SSSR count). The van der Waals surface area contributed by atoms with Crippen molar-refractivity contribution < 1.29 is 4.39 Å². The van der Waals surface area contributed by atoms with Gasteiger partial charge in [0, 0.05) is 23.1 Å². The minimum Gasteiger partial charge on any atom is -0.361 e. The van der Waals surface area contributed by atoms with E-state index in [4.69, 9.17) is 5.73 Å². The highest BCUT2D eigenvalue weighted by molar-refractivity contribution is 5.83. The van der Waals surface area contributed by atoms with Crippen molar-refractivity contribution >= 4 is 10.9 Å². The molecule has 0 aliphatic rings. The third-order valence-electron chi connectivity index (χ3n) is 2.28. The lowest BCUT2D eigenvalue weighted by Gasteiger charge is -2.03. The average molecular weight is 192 g/mol. The van der Waals surface area contributed by atoms with Crippen molar-refractivity contribution in [2.45, 2.75) is 19.4 Å². The smallest absolute Gasteiger partial charge is 0.132 e. The molecule has 0 aliphatic carbocycles. The Labute approximate surface area is 81.9 Å². The Balaban J connectivity index is 2.55. The number of nitrogens with one attached hydrogen (secondary N) is 1. The zero-order chi connectivity index (χ0) is 10.1. The predicted octanol–water partition coefficient (Wildman–Crippen LogP) is 2.20. The zero-order valence-corrected chi connectivity index (χ0v) is 8.05. The summed E-state index contributed by atoms with van der Waals surface area (Å²) < 4.78 is 13.5. The summed E-state index contributed by atoms with van der Waals surface area (Å²) in [7, 11) is 0. The molecule has 0 aliphatic heterocycles. The van der Waals surface area contributed by atoms with E-state index in [1.54, 1.807) is 6.07 Å². The van der Waals surface area contributed by atoms with E-state index in [0.717, 1.165) is 11.1 Å². The summed E-state index contributed by atoms with van der Waals surface area (Å²) in [6.45, 7) is 1.92. The van der Waals surface area contributed by atoms with Gasteiger partial charge in [-0.25, -0.2) is 4.39 Å². The number of aromatic nitrogens is 1. The number of hydrogen-bond acceptors (Lipinski definition) is 1. The first-order valence-electron chi connectivity index (χ1n) is 4.68. The van der Waals surface area contributed by atoms with Crippen LogP contribution in [0.25, 0.3) is 10.9 Å². The quantitative estimate of drug-likeness (QED) is 0.752. The fourth-order valence-corrected chi connectivity index (χ4v) is 1.72. The highest BCUT2D eigenvalue weighted by Gasteiger charge is 2.09. The van der Waals surface area contributed by atoms with Crippen LogP contribution in [0.3, 0.4) is 0 Å². The Morgan fingerprint density at radius 1 is 1.50 bits per heavy atom. The summed E-state index contributed by atoms with van der Waals surface area (Å²) in [4.78, 5) is 3.04. The van der Waals surface area contributed by atoms with Crippen molar-refractivity contribution in [1.82, 2.24) is 4.98 Å². The molecule has 3 heteroatoms. The molecule has 1 heterocycles. The van der Waals surface area contributed by atoms with Crippen molar-refractivity contribution in [3.63, 3.8) is 0 Å². The molecular formula is C11H13FN2. The first-order valence-corrected chi connectivity index (χ1v) is 4.68. The van der Waals surface area contributed by atoms with Gasteiger partial charge in [0.1, 0.15) is 5.82 Å². The number of H-pyrrole nitrogens is 1. The van der Waals surface area contributed by atoms with E-state index in [9.17, 15) is 4.39 Å². The normalized spacial score (nSPS) is 13.4. The second-order valence-corrected chi connectivity index (χ2v) is 3.66. The van der Waals surface area contributed by atoms with Gasteiger partial charge >= 0.3 is 0 Å². The Hall–Kier alpha value is -1.35. The van der Waals surface area contributed by atoms with E-state index in [1.165, 1.54) is 6.07 Å². The van der Waals surface area contributed by atoms with Gasteiger partial charge in [-0.1, -0.05) is 6.07 Å². The molecule has 1 aromatic heterocycles. The van der Waals surface area contributed by atoms with Gasteiger partial charge in [-0.05, 0) is 31.0 Å². The summed E-state index contributed by atoms with van der Waals surface area (Å²) in [6.07, 6.45) is 2.53. The van der Waals surface area contributed by atoms with Crippen LogP contribution in [-0.4, -0.2) is 11.0 Å². The molecule has 0 spiro atoms. The van der Waals surface area contributed by atoms with Crippen LogP contribution in [0.4, 0.5) is 4.39 Å². The van der Waals surface area contributed by atoms with Gasteiger partial charge in [-0.2, -0.15) is 0 Å². The van der Waals surface area contributed by atoms with Gasteiger partial charge in [0.25, 0.3) is 0 Å².